The third-order valence-corrected chi connectivity index (χ3v) is 3.29. The van der Waals surface area contributed by atoms with E-state index >= 15 is 0 Å². The molecule has 2 rings (SSSR count). The zero-order valence-corrected chi connectivity index (χ0v) is 10.8. The maximum Gasteiger partial charge on any atom is 0.154 e. The van der Waals surface area contributed by atoms with Crippen molar-refractivity contribution in [3.8, 4) is 11.3 Å². The highest BCUT2D eigenvalue weighted by molar-refractivity contribution is 6.42. The summed E-state index contributed by atoms with van der Waals surface area (Å²) < 4.78 is 5.19. The van der Waals surface area contributed by atoms with E-state index in [-0.39, 0.29) is 6.04 Å². The van der Waals surface area contributed by atoms with Gasteiger partial charge in [-0.05, 0) is 18.6 Å². The van der Waals surface area contributed by atoms with Crippen LogP contribution in [0.1, 0.15) is 25.1 Å². The van der Waals surface area contributed by atoms with E-state index in [9.17, 15) is 0 Å². The van der Waals surface area contributed by atoms with Gasteiger partial charge in [-0.15, -0.1) is 0 Å². The summed E-state index contributed by atoms with van der Waals surface area (Å²) in [7, 11) is 0. The van der Waals surface area contributed by atoms with Crippen LogP contribution in [0.2, 0.25) is 10.0 Å². The molecule has 0 fully saturated rings. The van der Waals surface area contributed by atoms with Crippen molar-refractivity contribution < 1.29 is 4.52 Å². The van der Waals surface area contributed by atoms with Gasteiger partial charge in [0.05, 0.1) is 16.1 Å². The van der Waals surface area contributed by atoms with Crippen molar-refractivity contribution >= 4 is 23.2 Å². The van der Waals surface area contributed by atoms with Crippen LogP contribution in [0.5, 0.6) is 0 Å². The fraction of sp³-hybridized carbons (Fsp3) is 0.250. The van der Waals surface area contributed by atoms with E-state index < -0.39 is 0 Å². The summed E-state index contributed by atoms with van der Waals surface area (Å²) in [5.74, 6) is 0.675. The number of nitrogens with zero attached hydrogens (tertiary/aromatic N) is 1. The average Bonchev–Trinajstić information content (AvgIpc) is 2.81. The summed E-state index contributed by atoms with van der Waals surface area (Å²) in [5, 5.41) is 4.98. The van der Waals surface area contributed by atoms with Gasteiger partial charge in [0.1, 0.15) is 5.69 Å². The first-order chi connectivity index (χ1) is 8.11. The maximum absolute atomic E-state index is 5.95. The van der Waals surface area contributed by atoms with Crippen LogP contribution in [0.3, 0.4) is 0 Å². The first-order valence-corrected chi connectivity index (χ1v) is 6.05. The van der Waals surface area contributed by atoms with E-state index in [1.54, 1.807) is 12.1 Å². The summed E-state index contributed by atoms with van der Waals surface area (Å²) in [6.07, 6.45) is 0.802. The van der Waals surface area contributed by atoms with Crippen molar-refractivity contribution in [2.45, 2.75) is 19.4 Å². The molecule has 1 heterocycles. The van der Waals surface area contributed by atoms with Gasteiger partial charge in [0.2, 0.25) is 0 Å². The molecule has 0 bridgehead atoms. The van der Waals surface area contributed by atoms with Gasteiger partial charge in [-0.25, -0.2) is 0 Å². The number of benzene rings is 1. The number of hydrogen-bond donors (Lipinski definition) is 1. The number of aromatic nitrogens is 1. The molecule has 0 amide bonds. The molecule has 2 N–H and O–H groups in total. The maximum atomic E-state index is 5.95. The van der Waals surface area contributed by atoms with Crippen LogP contribution in [0.25, 0.3) is 11.3 Å². The Morgan fingerprint density at radius 3 is 2.71 bits per heavy atom. The van der Waals surface area contributed by atoms with Gasteiger partial charge < -0.3 is 10.3 Å². The topological polar surface area (TPSA) is 52.0 Å². The van der Waals surface area contributed by atoms with Crippen LogP contribution in [0, 0.1) is 0 Å². The van der Waals surface area contributed by atoms with Crippen LogP contribution < -0.4 is 5.73 Å². The lowest BCUT2D eigenvalue weighted by molar-refractivity contribution is 0.360. The van der Waals surface area contributed by atoms with Crippen LogP contribution >= 0.6 is 23.2 Å². The zero-order valence-electron chi connectivity index (χ0n) is 9.28. The summed E-state index contributed by atoms with van der Waals surface area (Å²) in [6, 6.07) is 7.02. The van der Waals surface area contributed by atoms with E-state index in [1.807, 2.05) is 19.1 Å². The number of hydrogen-bond acceptors (Lipinski definition) is 3. The number of nitrogens with two attached hydrogens (primary N) is 1. The van der Waals surface area contributed by atoms with Gasteiger partial charge >= 0.3 is 0 Å². The van der Waals surface area contributed by atoms with Gasteiger partial charge in [0.15, 0.2) is 5.76 Å². The average molecular weight is 271 g/mol. The molecule has 90 valence electrons. The molecule has 0 aliphatic heterocycles. The minimum Gasteiger partial charge on any atom is -0.359 e. The van der Waals surface area contributed by atoms with Crippen LogP contribution in [0.15, 0.2) is 28.8 Å². The van der Waals surface area contributed by atoms with Gasteiger partial charge in [-0.2, -0.15) is 0 Å². The van der Waals surface area contributed by atoms with Crippen molar-refractivity contribution in [3.05, 3.63) is 40.1 Å². The van der Waals surface area contributed by atoms with Gasteiger partial charge in [-0.1, -0.05) is 41.3 Å². The summed E-state index contributed by atoms with van der Waals surface area (Å²) in [6.45, 7) is 1.99. The monoisotopic (exact) mass is 270 g/mol. The predicted molar refractivity (Wildman–Crippen MR) is 69.2 cm³/mol. The van der Waals surface area contributed by atoms with E-state index in [4.69, 9.17) is 33.5 Å². The van der Waals surface area contributed by atoms with Crippen LogP contribution in [-0.2, 0) is 0 Å². The lowest BCUT2D eigenvalue weighted by Crippen LogP contribution is -2.06. The molecule has 0 aliphatic rings. The quantitative estimate of drug-likeness (QED) is 0.915. The summed E-state index contributed by atoms with van der Waals surface area (Å²) in [4.78, 5) is 0. The molecule has 2 aromatic rings. The molecule has 1 aromatic carbocycles. The molecule has 0 saturated carbocycles. The molecular formula is C12H12Cl2N2O. The highest BCUT2D eigenvalue weighted by Crippen LogP contribution is 2.29. The minimum absolute atomic E-state index is 0.126. The Bertz CT molecular complexity index is 525. The lowest BCUT2D eigenvalue weighted by Gasteiger charge is -2.01. The predicted octanol–water partition coefficient (Wildman–Crippen LogP) is 4.06. The van der Waals surface area contributed by atoms with Crippen molar-refractivity contribution in [1.82, 2.24) is 5.16 Å². The first-order valence-electron chi connectivity index (χ1n) is 5.29. The van der Waals surface area contributed by atoms with Gasteiger partial charge in [0, 0.05) is 11.6 Å². The van der Waals surface area contributed by atoms with Crippen molar-refractivity contribution in [2.75, 3.05) is 0 Å². The molecular weight excluding hydrogens is 259 g/mol. The highest BCUT2D eigenvalue weighted by Gasteiger charge is 2.12. The second kappa shape index (κ2) is 5.08. The Morgan fingerprint density at radius 2 is 2.06 bits per heavy atom. The molecule has 3 nitrogen and oxygen atoms in total. The molecule has 1 atom stereocenters. The SMILES string of the molecule is CCC(N)c1cc(-c2ccc(Cl)c(Cl)c2)no1. The van der Waals surface area contributed by atoms with Crippen LogP contribution in [0.4, 0.5) is 0 Å². The molecule has 1 unspecified atom stereocenters. The Balaban J connectivity index is 2.33. The van der Waals surface area contributed by atoms with Gasteiger partial charge in [0.25, 0.3) is 0 Å². The molecule has 5 heteroatoms. The Kier molecular flexibility index (Phi) is 3.72. The minimum atomic E-state index is -0.126. The smallest absolute Gasteiger partial charge is 0.154 e. The fourth-order valence-corrected chi connectivity index (χ4v) is 1.75. The van der Waals surface area contributed by atoms with Crippen molar-refractivity contribution in [3.63, 3.8) is 0 Å². The van der Waals surface area contributed by atoms with E-state index in [0.717, 1.165) is 12.0 Å². The second-order valence-electron chi connectivity index (χ2n) is 3.76. The molecule has 1 aromatic heterocycles. The summed E-state index contributed by atoms with van der Waals surface area (Å²) in [5.41, 5.74) is 7.43. The molecule has 0 radical (unpaired) electrons. The Labute approximate surface area is 109 Å². The molecule has 0 aliphatic carbocycles. The standard InChI is InChI=1S/C12H12Cl2N2O/c1-2-10(15)12-6-11(16-17-12)7-3-4-8(13)9(14)5-7/h3-6,10H,2,15H2,1H3. The third-order valence-electron chi connectivity index (χ3n) is 2.55. The van der Waals surface area contributed by atoms with Gasteiger partial charge in [-0.3, -0.25) is 0 Å². The first kappa shape index (κ1) is 12.4. The van der Waals surface area contributed by atoms with Crippen LogP contribution in [-0.4, -0.2) is 5.16 Å². The largest absolute Gasteiger partial charge is 0.359 e. The summed E-state index contributed by atoms with van der Waals surface area (Å²) >= 11 is 11.8. The molecule has 0 saturated heterocycles. The fourth-order valence-electron chi connectivity index (χ4n) is 1.46. The Morgan fingerprint density at radius 1 is 1.29 bits per heavy atom. The normalized spacial score (nSPS) is 12.7. The van der Waals surface area contributed by atoms with Crippen molar-refractivity contribution in [2.24, 2.45) is 5.73 Å². The molecule has 17 heavy (non-hydrogen) atoms. The van der Waals surface area contributed by atoms with E-state index in [2.05, 4.69) is 5.16 Å². The number of halogens is 2. The Hall–Kier alpha value is -1.03. The number of rotatable bonds is 3. The molecule has 0 spiro atoms. The van der Waals surface area contributed by atoms with Crippen molar-refractivity contribution in [1.29, 1.82) is 0 Å². The van der Waals surface area contributed by atoms with E-state index in [0.29, 0.717) is 21.5 Å². The third kappa shape index (κ3) is 2.63. The highest BCUT2D eigenvalue weighted by atomic mass is 35.5. The lowest BCUT2D eigenvalue weighted by atomic mass is 10.1. The zero-order chi connectivity index (χ0) is 12.4. The second-order valence-corrected chi connectivity index (χ2v) is 4.57. The van der Waals surface area contributed by atoms with E-state index in [1.165, 1.54) is 0 Å².